The molecule has 0 saturated carbocycles. The average Bonchev–Trinajstić information content (AvgIpc) is 2.52. The summed E-state index contributed by atoms with van der Waals surface area (Å²) in [5, 5.41) is 2.98. The van der Waals surface area contributed by atoms with Gasteiger partial charge in [-0.2, -0.15) is 0 Å². The van der Waals surface area contributed by atoms with Crippen molar-refractivity contribution in [3.63, 3.8) is 0 Å². The first-order chi connectivity index (χ1) is 10.2. The number of benzene rings is 2. The molecule has 0 atom stereocenters. The molecular formula is C19H23NO. The second-order valence-electron chi connectivity index (χ2n) is 5.46. The van der Waals surface area contributed by atoms with Gasteiger partial charge >= 0.3 is 0 Å². The summed E-state index contributed by atoms with van der Waals surface area (Å²) in [5.41, 5.74) is 3.74. The topological polar surface area (TPSA) is 29.1 Å². The Morgan fingerprint density at radius 2 is 1.62 bits per heavy atom. The molecule has 1 N–H and O–H groups in total. The second kappa shape index (κ2) is 8.25. The Bertz CT molecular complexity index is 546. The first-order valence-electron chi connectivity index (χ1n) is 7.60. The lowest BCUT2D eigenvalue weighted by Crippen LogP contribution is -2.22. The third-order valence-corrected chi connectivity index (χ3v) is 3.57. The summed E-state index contributed by atoms with van der Waals surface area (Å²) < 4.78 is 0. The van der Waals surface area contributed by atoms with Crippen LogP contribution in [0.1, 0.15) is 36.0 Å². The van der Waals surface area contributed by atoms with E-state index in [0.717, 1.165) is 24.8 Å². The molecule has 0 aromatic heterocycles. The van der Waals surface area contributed by atoms with E-state index in [2.05, 4.69) is 60.8 Å². The summed E-state index contributed by atoms with van der Waals surface area (Å²) in [7, 11) is 0. The predicted octanol–water partition coefficient (Wildman–Crippen LogP) is 4.02. The molecule has 0 saturated heterocycles. The van der Waals surface area contributed by atoms with Crippen molar-refractivity contribution in [3.05, 3.63) is 71.3 Å². The third-order valence-electron chi connectivity index (χ3n) is 3.57. The molecular weight excluding hydrogens is 258 g/mol. The summed E-state index contributed by atoms with van der Waals surface area (Å²) in [6, 6.07) is 18.7. The molecule has 2 heteroatoms. The molecule has 2 aromatic carbocycles. The molecule has 21 heavy (non-hydrogen) atoms. The van der Waals surface area contributed by atoms with Crippen molar-refractivity contribution in [2.24, 2.45) is 0 Å². The summed E-state index contributed by atoms with van der Waals surface area (Å²) >= 11 is 0. The summed E-state index contributed by atoms with van der Waals surface area (Å²) in [4.78, 5) is 11.8. The number of nitrogens with one attached hydrogen (secondary N) is 1. The van der Waals surface area contributed by atoms with Gasteiger partial charge in [0.25, 0.3) is 0 Å². The number of hydrogen-bond donors (Lipinski definition) is 1. The quantitative estimate of drug-likeness (QED) is 0.763. The standard InChI is InChI=1S/C19H23NO/c1-16-11-13-18(14-12-16)15-20-19(21)10-6-5-9-17-7-3-2-4-8-17/h2-4,7-8,11-14H,5-6,9-10,15H2,1H3,(H,20,21). The molecule has 0 spiro atoms. The van der Waals surface area contributed by atoms with Crippen LogP contribution in [0.5, 0.6) is 0 Å². The van der Waals surface area contributed by atoms with Gasteiger partial charge in [-0.25, -0.2) is 0 Å². The van der Waals surface area contributed by atoms with Crippen LogP contribution in [0, 0.1) is 6.92 Å². The zero-order valence-electron chi connectivity index (χ0n) is 12.6. The lowest BCUT2D eigenvalue weighted by Gasteiger charge is -2.06. The van der Waals surface area contributed by atoms with Gasteiger partial charge in [0, 0.05) is 13.0 Å². The monoisotopic (exact) mass is 281 g/mol. The average molecular weight is 281 g/mol. The van der Waals surface area contributed by atoms with Crippen molar-refractivity contribution < 1.29 is 4.79 Å². The molecule has 2 rings (SSSR count). The Kier molecular flexibility index (Phi) is 6.01. The van der Waals surface area contributed by atoms with E-state index in [1.165, 1.54) is 11.1 Å². The van der Waals surface area contributed by atoms with E-state index in [1.54, 1.807) is 0 Å². The number of carbonyl (C=O) groups is 1. The lowest BCUT2D eigenvalue weighted by molar-refractivity contribution is -0.121. The fourth-order valence-corrected chi connectivity index (χ4v) is 2.25. The van der Waals surface area contributed by atoms with Gasteiger partial charge in [-0.1, -0.05) is 60.2 Å². The summed E-state index contributed by atoms with van der Waals surface area (Å²) in [5.74, 6) is 0.142. The Labute approximate surface area is 127 Å². The number of rotatable bonds is 7. The van der Waals surface area contributed by atoms with Gasteiger partial charge in [0.2, 0.25) is 5.91 Å². The van der Waals surface area contributed by atoms with Crippen molar-refractivity contribution in [2.45, 2.75) is 39.2 Å². The molecule has 0 bridgehead atoms. The molecule has 0 fully saturated rings. The van der Waals surface area contributed by atoms with E-state index < -0.39 is 0 Å². The highest BCUT2D eigenvalue weighted by Gasteiger charge is 2.01. The summed E-state index contributed by atoms with van der Waals surface area (Å²) in [6.07, 6.45) is 3.65. The fraction of sp³-hybridized carbons (Fsp3) is 0.316. The van der Waals surface area contributed by atoms with Crippen molar-refractivity contribution in [3.8, 4) is 0 Å². The van der Waals surface area contributed by atoms with Crippen LogP contribution in [-0.2, 0) is 17.8 Å². The highest BCUT2D eigenvalue weighted by Crippen LogP contribution is 2.07. The molecule has 2 nitrogen and oxygen atoms in total. The molecule has 0 aliphatic heterocycles. The molecule has 2 aromatic rings. The van der Waals surface area contributed by atoms with Crippen molar-refractivity contribution >= 4 is 5.91 Å². The minimum absolute atomic E-state index is 0.142. The van der Waals surface area contributed by atoms with Gasteiger partial charge in [-0.3, -0.25) is 4.79 Å². The maximum atomic E-state index is 11.8. The Morgan fingerprint density at radius 3 is 2.33 bits per heavy atom. The Balaban J connectivity index is 1.60. The van der Waals surface area contributed by atoms with Crippen LogP contribution in [0.2, 0.25) is 0 Å². The first-order valence-corrected chi connectivity index (χ1v) is 7.60. The lowest BCUT2D eigenvalue weighted by atomic mass is 10.1. The van der Waals surface area contributed by atoms with E-state index in [9.17, 15) is 4.79 Å². The van der Waals surface area contributed by atoms with Crippen LogP contribution >= 0.6 is 0 Å². The van der Waals surface area contributed by atoms with Crippen LogP contribution in [-0.4, -0.2) is 5.91 Å². The van der Waals surface area contributed by atoms with Gasteiger partial charge in [0.15, 0.2) is 0 Å². The molecule has 110 valence electrons. The molecule has 0 heterocycles. The second-order valence-corrected chi connectivity index (χ2v) is 5.46. The van der Waals surface area contributed by atoms with Gasteiger partial charge in [0.1, 0.15) is 0 Å². The predicted molar refractivity (Wildman–Crippen MR) is 87.0 cm³/mol. The smallest absolute Gasteiger partial charge is 0.220 e. The van der Waals surface area contributed by atoms with Crippen molar-refractivity contribution in [1.29, 1.82) is 0 Å². The minimum atomic E-state index is 0.142. The zero-order chi connectivity index (χ0) is 14.9. The normalized spacial score (nSPS) is 10.3. The van der Waals surface area contributed by atoms with Crippen molar-refractivity contribution in [2.75, 3.05) is 0 Å². The zero-order valence-corrected chi connectivity index (χ0v) is 12.6. The molecule has 1 amide bonds. The van der Waals surface area contributed by atoms with Crippen LogP contribution in [0.3, 0.4) is 0 Å². The van der Waals surface area contributed by atoms with E-state index >= 15 is 0 Å². The number of carbonyl (C=O) groups excluding carboxylic acids is 1. The van der Waals surface area contributed by atoms with E-state index in [1.807, 2.05) is 6.07 Å². The van der Waals surface area contributed by atoms with Crippen molar-refractivity contribution in [1.82, 2.24) is 5.32 Å². The van der Waals surface area contributed by atoms with Crippen LogP contribution < -0.4 is 5.32 Å². The molecule has 0 unspecified atom stereocenters. The molecule has 0 radical (unpaired) electrons. The van der Waals surface area contributed by atoms with E-state index in [-0.39, 0.29) is 5.91 Å². The van der Waals surface area contributed by atoms with Gasteiger partial charge in [-0.15, -0.1) is 0 Å². The van der Waals surface area contributed by atoms with Crippen LogP contribution in [0.25, 0.3) is 0 Å². The third kappa shape index (κ3) is 5.82. The fourth-order valence-electron chi connectivity index (χ4n) is 2.25. The number of unbranched alkanes of at least 4 members (excludes halogenated alkanes) is 1. The van der Waals surface area contributed by atoms with E-state index in [4.69, 9.17) is 0 Å². The number of amides is 1. The Morgan fingerprint density at radius 1 is 0.905 bits per heavy atom. The number of hydrogen-bond acceptors (Lipinski definition) is 1. The summed E-state index contributed by atoms with van der Waals surface area (Å²) in [6.45, 7) is 2.69. The number of aryl methyl sites for hydroxylation is 2. The SMILES string of the molecule is Cc1ccc(CNC(=O)CCCCc2ccccc2)cc1. The van der Waals surface area contributed by atoms with Gasteiger partial charge in [-0.05, 0) is 37.3 Å². The minimum Gasteiger partial charge on any atom is -0.352 e. The Hall–Kier alpha value is -2.09. The first kappa shape index (κ1) is 15.3. The molecule has 0 aliphatic rings. The van der Waals surface area contributed by atoms with Crippen LogP contribution in [0.15, 0.2) is 54.6 Å². The van der Waals surface area contributed by atoms with E-state index in [0.29, 0.717) is 13.0 Å². The van der Waals surface area contributed by atoms with Gasteiger partial charge < -0.3 is 5.32 Å². The highest BCUT2D eigenvalue weighted by atomic mass is 16.1. The maximum absolute atomic E-state index is 11.8. The largest absolute Gasteiger partial charge is 0.352 e. The van der Waals surface area contributed by atoms with Gasteiger partial charge in [0.05, 0.1) is 0 Å². The highest BCUT2D eigenvalue weighted by molar-refractivity contribution is 5.75. The molecule has 0 aliphatic carbocycles. The van der Waals surface area contributed by atoms with Crippen LogP contribution in [0.4, 0.5) is 0 Å². The maximum Gasteiger partial charge on any atom is 0.220 e.